The molecule has 0 bridgehead atoms. The Labute approximate surface area is 651 Å². The van der Waals surface area contributed by atoms with Gasteiger partial charge < -0.3 is 31.3 Å². The average Bonchev–Trinajstić information content (AvgIpc) is 1.58. The van der Waals surface area contributed by atoms with Crippen molar-refractivity contribution in [2.75, 3.05) is 130 Å². The predicted octanol–water partition coefficient (Wildman–Crippen LogP) is 5.03. The number of sulfonamides is 4. The summed E-state index contributed by atoms with van der Waals surface area (Å²) >= 11 is 0. The summed E-state index contributed by atoms with van der Waals surface area (Å²) < 4.78 is 126. The van der Waals surface area contributed by atoms with E-state index in [-0.39, 0.29) is 16.5 Å². The Hall–Kier alpha value is -6.11. The standard InChI is InChI=1S/C20H29N3O3S2.C19H26N4O3S.C19H25N3O4S2.C19H25N3O4S/c1-27(2)10-9-23-12-16(13-23)28(25,26)22-20(24)21-19-17-7-3-5-14(17)11-15-6-4-8-18(15)19;24-19(22-27(25,26)15-10-23(11-15)14-8-20-9-14)21-18-16-5-1-3-12(16)7-13-4-2-6-17(13)18;23-19(21-28(25,26)15-8-22(9-15)14-10-27(24)11-14)20-18-16-5-1-3-12(16)7-13-4-2-6-17(13)18;23-19(21-27(24,25)15-8-22(9-15)14-10-26-11-14)20-18-16-5-1-3-12(16)7-13-4-2-6-17(13)18/h11,16H,1,3-10,12-13H2,2H3,(H2,21,22,24);7,14-15,20H,1-6,8-11H2,(H2,21,22,24);7,14-15H,1-6,8-11H2,(H2,20,21,23);7,14-15H,1-6,8-11H2,(H2,20,21,23). The molecule has 598 valence electrons. The number of amides is 8. The highest BCUT2D eigenvalue weighted by Crippen LogP contribution is 2.43. The predicted molar refractivity (Wildman–Crippen MR) is 431 cm³/mol. The van der Waals surface area contributed by atoms with Crippen LogP contribution in [0.4, 0.5) is 41.9 Å². The van der Waals surface area contributed by atoms with Crippen LogP contribution in [0.15, 0.2) is 24.3 Å². The van der Waals surface area contributed by atoms with Crippen LogP contribution in [0.2, 0.25) is 0 Å². The summed E-state index contributed by atoms with van der Waals surface area (Å²) in [6, 6.07) is 7.64. The first-order valence-electron chi connectivity index (χ1n) is 39.7. The molecule has 4 aromatic carbocycles. The molecule has 8 aliphatic carbocycles. The lowest BCUT2D eigenvalue weighted by Crippen LogP contribution is -2.68. The molecule has 7 saturated heterocycles. The number of urea groups is 4. The zero-order valence-electron chi connectivity index (χ0n) is 62.8. The summed E-state index contributed by atoms with van der Waals surface area (Å²) in [5.41, 5.74) is 23.5. The van der Waals surface area contributed by atoms with Gasteiger partial charge in [0.15, 0.2) is 0 Å². The highest BCUT2D eigenvalue weighted by molar-refractivity contribution is 8.13. The van der Waals surface area contributed by atoms with E-state index in [1.54, 1.807) is 0 Å². The molecular weight excluding hydrogens is 1520 g/mol. The maximum Gasteiger partial charge on any atom is 0.332 e. The lowest BCUT2D eigenvalue weighted by Gasteiger charge is -2.47. The van der Waals surface area contributed by atoms with E-state index < -0.39 is 96.0 Å². The van der Waals surface area contributed by atoms with Crippen molar-refractivity contribution in [1.82, 2.24) is 43.8 Å². The first kappa shape index (κ1) is 77.8. The van der Waals surface area contributed by atoms with E-state index >= 15 is 0 Å². The lowest BCUT2D eigenvalue weighted by atomic mass is 9.99. The van der Waals surface area contributed by atoms with Crippen molar-refractivity contribution in [2.45, 2.75) is 193 Å². The Kier molecular flexibility index (Phi) is 22.6. The molecule has 110 heavy (non-hydrogen) atoms. The Morgan fingerprint density at radius 2 is 0.664 bits per heavy atom. The SMILES string of the molecule is C=S(C)CCN1CC(S(=O)(=O)NC(=O)Nc2c3c(cc4c2CCC4)CCC3)C1.O=C(Nc1c2c(cc3c1CCC3)CCC2)NS(=O)(=O)C1CN(C2CNC2)C1.O=C(Nc1c2c(cc3c1CCC3)CCC2)NS(=O)(=O)C1CN(C2COC2)C1.O=C(Nc1c2c(cc3c1CCC3)CCC2)NS(=O)(=O)C1CN(C2CS(=O)C2)C1. The van der Waals surface area contributed by atoms with Gasteiger partial charge in [0.05, 0.1) is 19.3 Å². The molecule has 19 rings (SSSR count). The number of carbonyl (C=O) groups excluding carboxylic acids is 4. The Morgan fingerprint density at radius 3 is 0.891 bits per heavy atom. The molecule has 0 aromatic heterocycles. The van der Waals surface area contributed by atoms with E-state index in [2.05, 4.69) is 96.6 Å². The van der Waals surface area contributed by atoms with Crippen molar-refractivity contribution in [1.29, 1.82) is 0 Å². The number of fused-ring (bicyclic) bond motifs is 8. The number of carbonyl (C=O) groups is 4. The minimum absolute atomic E-state index is 0.111. The van der Waals surface area contributed by atoms with E-state index in [4.69, 9.17) is 4.74 Å². The second kappa shape index (κ2) is 31.9. The molecule has 15 aliphatic rings. The quantitative estimate of drug-likeness (QED) is 0.0590. The number of aryl methyl sites for hydroxylation is 8. The van der Waals surface area contributed by atoms with Crippen LogP contribution in [-0.2, 0) is 158 Å². The van der Waals surface area contributed by atoms with Crippen molar-refractivity contribution in [3.8, 4) is 0 Å². The normalized spacial score (nSPS) is 23.1. The smallest absolute Gasteiger partial charge is 0.332 e. The van der Waals surface area contributed by atoms with Crippen LogP contribution >= 0.6 is 10.5 Å². The molecule has 7 aliphatic heterocycles. The zero-order chi connectivity index (χ0) is 76.5. The van der Waals surface area contributed by atoms with Crippen molar-refractivity contribution in [2.24, 2.45) is 0 Å². The molecule has 4 aromatic rings. The third-order valence-corrected chi connectivity index (χ3v) is 34.5. The van der Waals surface area contributed by atoms with Crippen molar-refractivity contribution >= 4 is 114 Å². The van der Waals surface area contributed by atoms with E-state index in [1.165, 1.54) is 89.0 Å². The number of nitrogens with one attached hydrogen (secondary N) is 9. The van der Waals surface area contributed by atoms with E-state index in [0.29, 0.717) is 89.2 Å². The fourth-order valence-corrected chi connectivity index (χ4v) is 25.7. The van der Waals surface area contributed by atoms with Gasteiger partial charge in [0.25, 0.3) is 0 Å². The lowest BCUT2D eigenvalue weighted by molar-refractivity contribution is -0.0830. The van der Waals surface area contributed by atoms with Crippen LogP contribution in [0.1, 0.15) is 140 Å². The van der Waals surface area contributed by atoms with Gasteiger partial charge in [-0.15, -0.1) is 0 Å². The number of hydrogen-bond donors (Lipinski definition) is 9. The van der Waals surface area contributed by atoms with Crippen LogP contribution in [0.3, 0.4) is 0 Å². The molecule has 0 radical (unpaired) electrons. The van der Waals surface area contributed by atoms with E-state index in [0.717, 1.165) is 202 Å². The first-order chi connectivity index (χ1) is 52.8. The molecular formula is C77H105N13O14S6. The Bertz CT molecular complexity index is 4580. The number of nitrogens with zero attached hydrogens (tertiary/aromatic N) is 4. The topological polar surface area (TPSA) is 352 Å². The Balaban J connectivity index is 0.000000111. The number of ether oxygens (including phenoxy) is 1. The monoisotopic (exact) mass is 1630 g/mol. The maximum absolute atomic E-state index is 12.6. The third-order valence-electron chi connectivity index (χ3n) is 25.5. The number of anilines is 4. The number of hydrogen-bond acceptors (Lipinski definition) is 19. The largest absolute Gasteiger partial charge is 0.378 e. The second-order valence-electron chi connectivity index (χ2n) is 32.9. The highest BCUT2D eigenvalue weighted by atomic mass is 32.2. The van der Waals surface area contributed by atoms with Gasteiger partial charge in [-0.25, -0.2) is 71.7 Å². The van der Waals surface area contributed by atoms with Gasteiger partial charge in [-0.05, 0) is 249 Å². The molecule has 0 spiro atoms. The highest BCUT2D eigenvalue weighted by Gasteiger charge is 2.47. The van der Waals surface area contributed by atoms with Crippen LogP contribution < -0.4 is 45.5 Å². The van der Waals surface area contributed by atoms with Gasteiger partial charge in [-0.2, -0.15) is 10.5 Å². The number of rotatable bonds is 18. The molecule has 1 unspecified atom stereocenters. The minimum atomic E-state index is -3.71. The van der Waals surface area contributed by atoms with Crippen LogP contribution in [0, 0.1) is 0 Å². The molecule has 7 fully saturated rings. The van der Waals surface area contributed by atoms with Gasteiger partial charge in [-0.3, -0.25) is 23.8 Å². The molecule has 0 saturated carbocycles. The van der Waals surface area contributed by atoms with E-state index in [1.807, 2.05) is 4.90 Å². The van der Waals surface area contributed by atoms with E-state index in [9.17, 15) is 57.1 Å². The minimum Gasteiger partial charge on any atom is -0.378 e. The van der Waals surface area contributed by atoms with Gasteiger partial charge in [0, 0.05) is 135 Å². The van der Waals surface area contributed by atoms with Gasteiger partial charge in [-0.1, -0.05) is 30.1 Å². The van der Waals surface area contributed by atoms with Gasteiger partial charge in [0.1, 0.15) is 21.0 Å². The van der Waals surface area contributed by atoms with Gasteiger partial charge >= 0.3 is 24.1 Å². The Morgan fingerprint density at radius 1 is 0.409 bits per heavy atom. The second-order valence-corrected chi connectivity index (χ2v) is 44.2. The molecule has 9 N–H and O–H groups in total. The van der Waals surface area contributed by atoms with Crippen LogP contribution in [0.25, 0.3) is 0 Å². The fourth-order valence-electron chi connectivity index (χ4n) is 18.9. The third kappa shape index (κ3) is 16.5. The first-order valence-corrected chi connectivity index (χ1v) is 49.4. The summed E-state index contributed by atoms with van der Waals surface area (Å²) in [6.07, 6.45) is 26.7. The summed E-state index contributed by atoms with van der Waals surface area (Å²) in [5, 5.41) is 12.6. The van der Waals surface area contributed by atoms with Gasteiger partial charge in [0.2, 0.25) is 40.1 Å². The van der Waals surface area contributed by atoms with Crippen LogP contribution in [0.5, 0.6) is 0 Å². The number of likely N-dealkylation sites (tertiary alicyclic amines) is 4. The zero-order valence-corrected chi connectivity index (χ0v) is 67.7. The summed E-state index contributed by atoms with van der Waals surface area (Å²) in [6.45, 7) is 7.76. The summed E-state index contributed by atoms with van der Waals surface area (Å²) in [5.74, 6) is 6.22. The fraction of sp³-hybridized carbons (Fsp3) is 0.623. The van der Waals surface area contributed by atoms with Crippen molar-refractivity contribution in [3.05, 3.63) is 113 Å². The summed E-state index contributed by atoms with van der Waals surface area (Å²) in [4.78, 5) is 58.5. The maximum atomic E-state index is 12.6. The number of benzene rings is 4. The average molecular weight is 1630 g/mol. The van der Waals surface area contributed by atoms with Crippen molar-refractivity contribution in [3.63, 3.8) is 0 Å². The molecule has 33 heteroatoms. The summed E-state index contributed by atoms with van der Waals surface area (Å²) in [7, 11) is -15.3. The molecule has 7 heterocycles. The van der Waals surface area contributed by atoms with Crippen LogP contribution in [-0.4, -0.2) is 235 Å². The molecule has 27 nitrogen and oxygen atoms in total. The van der Waals surface area contributed by atoms with Crippen molar-refractivity contribution < 1.29 is 61.8 Å². The molecule has 1 atom stereocenters. The molecule has 8 amide bonds.